The highest BCUT2D eigenvalue weighted by Gasteiger charge is 2.30. The molecule has 0 heterocycles. The average Bonchev–Trinajstić information content (AvgIpc) is 2.54. The van der Waals surface area contributed by atoms with Crippen molar-refractivity contribution < 1.29 is 27.4 Å². The van der Waals surface area contributed by atoms with Gasteiger partial charge in [0.1, 0.15) is 18.1 Å². The summed E-state index contributed by atoms with van der Waals surface area (Å²) in [5.74, 6) is -0.154. The third kappa shape index (κ3) is 5.35. The molecule has 0 spiro atoms. The molecule has 0 aromatic heterocycles. The summed E-state index contributed by atoms with van der Waals surface area (Å²) in [7, 11) is 0. The fourth-order valence-electron chi connectivity index (χ4n) is 1.80. The lowest BCUT2D eigenvalue weighted by Crippen LogP contribution is -2.17. The van der Waals surface area contributed by atoms with Crippen molar-refractivity contribution in [3.8, 4) is 11.5 Å². The van der Waals surface area contributed by atoms with Crippen LogP contribution in [0.4, 0.5) is 18.9 Å². The van der Waals surface area contributed by atoms with Crippen LogP contribution >= 0.6 is 0 Å². The number of carbonyl (C=O) groups is 1. The molecule has 2 aromatic carbocycles. The van der Waals surface area contributed by atoms with E-state index in [1.165, 1.54) is 12.1 Å². The van der Waals surface area contributed by atoms with Gasteiger partial charge in [0.2, 0.25) is 0 Å². The zero-order chi connectivity index (χ0) is 17.6. The summed E-state index contributed by atoms with van der Waals surface area (Å²) in [5.41, 5.74) is 0.734. The fourth-order valence-corrected chi connectivity index (χ4v) is 1.80. The van der Waals surface area contributed by atoms with Crippen molar-refractivity contribution in [2.24, 2.45) is 0 Å². The zero-order valence-electron chi connectivity index (χ0n) is 12.5. The number of anilines is 1. The quantitative estimate of drug-likeness (QED) is 0.795. The largest absolute Gasteiger partial charge is 0.573 e. The number of ether oxygens (including phenoxy) is 2. The third-order valence-corrected chi connectivity index (χ3v) is 2.83. The molecule has 0 radical (unpaired) electrons. The van der Waals surface area contributed by atoms with Gasteiger partial charge in [-0.2, -0.15) is 0 Å². The molecule has 24 heavy (non-hydrogen) atoms. The number of nitrogens with one attached hydrogen (secondary N) is 1. The number of benzene rings is 2. The van der Waals surface area contributed by atoms with Gasteiger partial charge in [0.15, 0.2) is 0 Å². The molecule has 0 aliphatic carbocycles. The fraction of sp³-hybridized carbons (Fsp3) is 0.118. The first-order chi connectivity index (χ1) is 11.4. The predicted molar refractivity (Wildman–Crippen MR) is 83.2 cm³/mol. The van der Waals surface area contributed by atoms with Gasteiger partial charge in [0.25, 0.3) is 5.91 Å². The van der Waals surface area contributed by atoms with Crippen molar-refractivity contribution in [1.29, 1.82) is 0 Å². The van der Waals surface area contributed by atoms with Crippen LogP contribution in [0.15, 0.2) is 61.2 Å². The van der Waals surface area contributed by atoms with Crippen LogP contribution < -0.4 is 14.8 Å². The minimum atomic E-state index is -4.75. The Morgan fingerprint density at radius 3 is 2.17 bits per heavy atom. The highest BCUT2D eigenvalue weighted by Crippen LogP contribution is 2.24. The number of hydrogen-bond donors (Lipinski definition) is 1. The van der Waals surface area contributed by atoms with Crippen LogP contribution in [0.3, 0.4) is 0 Å². The maximum absolute atomic E-state index is 12.1. The van der Waals surface area contributed by atoms with Gasteiger partial charge in [-0.15, -0.1) is 13.2 Å². The lowest BCUT2D eigenvalue weighted by Gasteiger charge is -2.10. The smallest absolute Gasteiger partial charge is 0.490 e. The molecule has 2 rings (SSSR count). The minimum absolute atomic E-state index is 0.349. The van der Waals surface area contributed by atoms with Gasteiger partial charge >= 0.3 is 6.36 Å². The van der Waals surface area contributed by atoms with Crippen LogP contribution in [0.1, 0.15) is 10.4 Å². The molecule has 2 aromatic rings. The monoisotopic (exact) mass is 337 g/mol. The minimum Gasteiger partial charge on any atom is -0.490 e. The molecule has 1 amide bonds. The van der Waals surface area contributed by atoms with E-state index in [4.69, 9.17) is 4.74 Å². The second-order valence-corrected chi connectivity index (χ2v) is 4.65. The average molecular weight is 337 g/mol. The Balaban J connectivity index is 1.97. The number of halogens is 3. The second-order valence-electron chi connectivity index (χ2n) is 4.65. The summed E-state index contributed by atoms with van der Waals surface area (Å²) in [4.78, 5) is 12.1. The topological polar surface area (TPSA) is 47.6 Å². The Labute approximate surface area is 136 Å². The Morgan fingerprint density at radius 1 is 1.04 bits per heavy atom. The zero-order valence-corrected chi connectivity index (χ0v) is 12.5. The molecule has 4 nitrogen and oxygen atoms in total. The summed E-state index contributed by atoms with van der Waals surface area (Å²) >= 11 is 0. The Bertz CT molecular complexity index is 695. The Morgan fingerprint density at radius 2 is 1.62 bits per heavy atom. The summed E-state index contributed by atoms with van der Waals surface area (Å²) < 4.78 is 45.3. The molecule has 0 aliphatic rings. The van der Waals surface area contributed by atoms with Gasteiger partial charge < -0.3 is 14.8 Å². The molecule has 0 saturated carbocycles. The second kappa shape index (κ2) is 7.54. The van der Waals surface area contributed by atoms with Gasteiger partial charge in [0, 0.05) is 11.3 Å². The van der Waals surface area contributed by atoms with E-state index in [2.05, 4.69) is 16.6 Å². The lowest BCUT2D eigenvalue weighted by molar-refractivity contribution is -0.274. The molecule has 1 N–H and O–H groups in total. The van der Waals surface area contributed by atoms with Crippen LogP contribution in [-0.4, -0.2) is 18.9 Å². The maximum Gasteiger partial charge on any atom is 0.573 e. The lowest BCUT2D eigenvalue weighted by atomic mass is 10.2. The van der Waals surface area contributed by atoms with Crippen LogP contribution in [-0.2, 0) is 0 Å². The van der Waals surface area contributed by atoms with Crippen molar-refractivity contribution in [1.82, 2.24) is 0 Å². The van der Waals surface area contributed by atoms with E-state index < -0.39 is 12.3 Å². The van der Waals surface area contributed by atoms with Crippen molar-refractivity contribution in [2.45, 2.75) is 6.36 Å². The van der Waals surface area contributed by atoms with Gasteiger partial charge in [-0.3, -0.25) is 4.79 Å². The number of rotatable bonds is 6. The summed E-state index contributed by atoms with van der Waals surface area (Å²) in [6, 6.07) is 11.3. The predicted octanol–water partition coefficient (Wildman–Crippen LogP) is 4.40. The normalized spacial score (nSPS) is 10.8. The molecule has 0 saturated heterocycles. The van der Waals surface area contributed by atoms with Gasteiger partial charge in [-0.1, -0.05) is 12.7 Å². The molecule has 0 bridgehead atoms. The van der Waals surface area contributed by atoms with Crippen LogP contribution in [0.25, 0.3) is 0 Å². The van der Waals surface area contributed by atoms with E-state index in [0.29, 0.717) is 23.6 Å². The van der Waals surface area contributed by atoms with Crippen molar-refractivity contribution in [3.63, 3.8) is 0 Å². The summed E-state index contributed by atoms with van der Waals surface area (Å²) in [5, 5.41) is 2.58. The molecule has 7 heteroatoms. The van der Waals surface area contributed by atoms with Crippen molar-refractivity contribution in [3.05, 3.63) is 66.7 Å². The van der Waals surface area contributed by atoms with E-state index in [1.807, 2.05) is 0 Å². The Hall–Kier alpha value is -2.96. The highest BCUT2D eigenvalue weighted by atomic mass is 19.4. The highest BCUT2D eigenvalue weighted by molar-refractivity contribution is 6.04. The first kappa shape index (κ1) is 17.4. The first-order valence-corrected chi connectivity index (χ1v) is 6.88. The van der Waals surface area contributed by atoms with Gasteiger partial charge in [-0.25, -0.2) is 0 Å². The SMILES string of the molecule is C=CCOc1ccc(C(=O)Nc2ccc(OC(F)(F)F)cc2)cc1. The van der Waals surface area contributed by atoms with Crippen LogP contribution in [0, 0.1) is 0 Å². The molecule has 0 unspecified atom stereocenters. The maximum atomic E-state index is 12.1. The summed E-state index contributed by atoms with van der Waals surface area (Å²) in [6.07, 6.45) is -3.15. The van der Waals surface area contributed by atoms with E-state index >= 15 is 0 Å². The van der Waals surface area contributed by atoms with E-state index in [0.717, 1.165) is 12.1 Å². The van der Waals surface area contributed by atoms with Gasteiger partial charge in [-0.05, 0) is 48.5 Å². The molecule has 0 atom stereocenters. The van der Waals surface area contributed by atoms with E-state index in [9.17, 15) is 18.0 Å². The Kier molecular flexibility index (Phi) is 5.47. The molecule has 126 valence electrons. The van der Waals surface area contributed by atoms with E-state index in [1.54, 1.807) is 30.3 Å². The van der Waals surface area contributed by atoms with Crippen LogP contribution in [0.2, 0.25) is 0 Å². The first-order valence-electron chi connectivity index (χ1n) is 6.88. The third-order valence-electron chi connectivity index (χ3n) is 2.83. The molecular weight excluding hydrogens is 323 g/mol. The standard InChI is InChI=1S/C17H14F3NO3/c1-2-11-23-14-7-3-12(4-8-14)16(22)21-13-5-9-15(10-6-13)24-17(18,19)20/h2-10H,1,11H2,(H,21,22). The number of amides is 1. The number of carbonyl (C=O) groups excluding carboxylic acids is 1. The summed E-state index contributed by atoms with van der Waals surface area (Å²) in [6.45, 7) is 3.89. The molecule has 0 aliphatic heterocycles. The van der Waals surface area contributed by atoms with Crippen molar-refractivity contribution >= 4 is 11.6 Å². The van der Waals surface area contributed by atoms with Crippen LogP contribution in [0.5, 0.6) is 11.5 Å². The van der Waals surface area contributed by atoms with Gasteiger partial charge in [0.05, 0.1) is 0 Å². The number of hydrogen-bond acceptors (Lipinski definition) is 3. The van der Waals surface area contributed by atoms with E-state index in [-0.39, 0.29) is 5.75 Å². The van der Waals surface area contributed by atoms with Crippen molar-refractivity contribution in [2.75, 3.05) is 11.9 Å². The molecule has 0 fully saturated rings. The molecular formula is C17H14F3NO3. The number of alkyl halides is 3.